The van der Waals surface area contributed by atoms with E-state index in [4.69, 9.17) is 32.7 Å². The van der Waals surface area contributed by atoms with E-state index in [1.165, 1.54) is 21.7 Å². The molecule has 0 saturated carbocycles. The van der Waals surface area contributed by atoms with Crippen LogP contribution in [0.4, 0.5) is 26.3 Å². The lowest BCUT2D eigenvalue weighted by atomic mass is 9.94. The quantitative estimate of drug-likeness (QED) is 0.125. The predicted octanol–water partition coefficient (Wildman–Crippen LogP) is 10.4. The maximum absolute atomic E-state index is 14.2. The molecule has 5 aliphatic rings. The van der Waals surface area contributed by atoms with Crippen molar-refractivity contribution in [1.82, 2.24) is 19.2 Å². The molecule has 1 N–H and O–H groups in total. The van der Waals surface area contributed by atoms with Gasteiger partial charge >= 0.3 is 18.3 Å². The average molecular weight is 1160 g/mol. The molecule has 1 fully saturated rings. The van der Waals surface area contributed by atoms with E-state index >= 15 is 0 Å². The van der Waals surface area contributed by atoms with Gasteiger partial charge in [0.1, 0.15) is 25.4 Å². The fourth-order valence-electron chi connectivity index (χ4n) is 10.2. The minimum Gasteiger partial charge on any atom is -0.502 e. The van der Waals surface area contributed by atoms with E-state index in [0.29, 0.717) is 57.4 Å². The van der Waals surface area contributed by atoms with Crippen LogP contribution in [0.25, 0.3) is 0 Å². The maximum Gasteiger partial charge on any atom is 0.408 e. The molecule has 0 spiro atoms. The van der Waals surface area contributed by atoms with Crippen molar-refractivity contribution < 1.29 is 55.3 Å². The van der Waals surface area contributed by atoms with Gasteiger partial charge in [-0.3, -0.25) is 43.3 Å². The van der Waals surface area contributed by atoms with Crippen LogP contribution >= 0.6 is 46.7 Å². The number of aromatic nitrogens is 2. The van der Waals surface area contributed by atoms with Gasteiger partial charge in [-0.05, 0) is 84.3 Å². The Morgan fingerprint density at radius 1 is 0.628 bits per heavy atom. The Labute approximate surface area is 460 Å². The zero-order valence-electron chi connectivity index (χ0n) is 41.3. The zero-order valence-corrected chi connectivity index (χ0v) is 44.4. The van der Waals surface area contributed by atoms with Crippen molar-refractivity contribution in [1.29, 1.82) is 0 Å². The Morgan fingerprint density at radius 2 is 1.06 bits per heavy atom. The number of hydrogen-bond acceptors (Lipinski definition) is 12. The highest BCUT2D eigenvalue weighted by molar-refractivity contribution is 7.98. The van der Waals surface area contributed by atoms with E-state index in [2.05, 4.69) is 0 Å². The van der Waals surface area contributed by atoms with Gasteiger partial charge in [0.15, 0.2) is 17.1 Å². The number of hydrogen-bond donors (Lipinski definition) is 1. The molecule has 4 atom stereocenters. The van der Waals surface area contributed by atoms with Crippen molar-refractivity contribution >= 4 is 64.5 Å². The summed E-state index contributed by atoms with van der Waals surface area (Å²) in [6, 6.07) is 22.2. The van der Waals surface area contributed by atoms with Crippen molar-refractivity contribution in [2.24, 2.45) is 5.92 Å². The van der Waals surface area contributed by atoms with Gasteiger partial charge in [0.25, 0.3) is 11.8 Å². The number of ether oxygens (including phenoxy) is 2. The fraction of sp³-hybridized carbons (Fsp3) is 0.315. The molecule has 408 valence electrons. The minimum atomic E-state index is -4.77. The minimum absolute atomic E-state index is 0.330. The van der Waals surface area contributed by atoms with Gasteiger partial charge in [0.2, 0.25) is 16.6 Å². The van der Waals surface area contributed by atoms with Crippen LogP contribution < -0.4 is 25.6 Å². The number of carbonyl (C=O) groups is 3. The molecular formula is C54H46Cl2F6N6O8S2. The Hall–Kier alpha value is -6.59. The number of thioether (sulfide) groups is 2. The number of esters is 1. The summed E-state index contributed by atoms with van der Waals surface area (Å²) < 4.78 is 97.3. The van der Waals surface area contributed by atoms with E-state index in [-0.39, 0.29) is 0 Å². The van der Waals surface area contributed by atoms with E-state index < -0.39 is 107 Å². The first kappa shape index (κ1) is 54.8. The molecule has 2 aromatic heterocycles. The fourth-order valence-corrected chi connectivity index (χ4v) is 13.1. The van der Waals surface area contributed by atoms with Crippen LogP contribution in [0.1, 0.15) is 93.1 Å². The lowest BCUT2D eigenvalue weighted by Crippen LogP contribution is -2.60. The van der Waals surface area contributed by atoms with Crippen LogP contribution in [0.15, 0.2) is 129 Å². The summed E-state index contributed by atoms with van der Waals surface area (Å²) in [5.74, 6) is -3.90. The van der Waals surface area contributed by atoms with Crippen molar-refractivity contribution in [2.45, 2.75) is 84.5 Å². The number of nitrogens with zero attached hydrogens (tertiary/aromatic N) is 6. The average Bonchev–Trinajstić information content (AvgIpc) is 3.89. The summed E-state index contributed by atoms with van der Waals surface area (Å²) in [5, 5.41) is 14.7. The Kier molecular flexibility index (Phi) is 15.1. The predicted molar refractivity (Wildman–Crippen MR) is 280 cm³/mol. The zero-order chi connectivity index (χ0) is 55.5. The Bertz CT molecular complexity index is 3490. The Balaban J connectivity index is 0.000000180. The second-order valence-electron chi connectivity index (χ2n) is 19.0. The van der Waals surface area contributed by atoms with Crippen LogP contribution in [0.2, 0.25) is 10.0 Å². The second kappa shape index (κ2) is 21.6. The number of halogens is 8. The smallest absolute Gasteiger partial charge is 0.408 e. The van der Waals surface area contributed by atoms with Crippen molar-refractivity contribution in [3.63, 3.8) is 0 Å². The lowest BCUT2D eigenvalue weighted by molar-refractivity contribution is -0.173. The van der Waals surface area contributed by atoms with Crippen molar-refractivity contribution in [2.75, 3.05) is 36.6 Å². The number of alkyl halides is 6. The van der Waals surface area contributed by atoms with Crippen LogP contribution in [0, 0.1) is 5.92 Å². The van der Waals surface area contributed by atoms with Gasteiger partial charge in [0.05, 0.1) is 18.0 Å². The molecular weight excluding hydrogens is 1110 g/mol. The van der Waals surface area contributed by atoms with Crippen molar-refractivity contribution in [3.05, 3.63) is 185 Å². The molecule has 0 aliphatic carbocycles. The first-order valence-corrected chi connectivity index (χ1v) is 27.1. The lowest BCUT2D eigenvalue weighted by Gasteiger charge is -2.46. The molecule has 7 heterocycles. The SMILES string of the molecule is C[C@@H](N1CN([C@@H]2c3ccccc3SCc3c(Cl)cccc32)n2ccc(=O)c(O)c2C1=O)C(F)(F)F.C[C@@H](N1CN([C@@H]2c3ccccc3SCc3c(Cl)cccc32)n2ccc(=O)c(OC(=O)C3CCOCC3)c2C1=O)C(F)(F)F. The molecule has 0 unspecified atom stereocenters. The summed E-state index contributed by atoms with van der Waals surface area (Å²) in [7, 11) is 0. The van der Waals surface area contributed by atoms with Gasteiger partial charge in [-0.15, -0.1) is 23.5 Å². The normalized spacial score (nSPS) is 19.1. The number of benzene rings is 4. The van der Waals surface area contributed by atoms with Gasteiger partial charge < -0.3 is 24.4 Å². The number of rotatable bonds is 6. The van der Waals surface area contributed by atoms with Crippen LogP contribution in [-0.2, 0) is 21.0 Å². The second-order valence-corrected chi connectivity index (χ2v) is 21.8. The van der Waals surface area contributed by atoms with Gasteiger partial charge in [0, 0.05) is 69.1 Å². The van der Waals surface area contributed by atoms with Gasteiger partial charge in [-0.25, -0.2) is 0 Å². The van der Waals surface area contributed by atoms with Gasteiger partial charge in [-0.2, -0.15) is 26.3 Å². The molecule has 0 radical (unpaired) electrons. The van der Waals surface area contributed by atoms with Crippen LogP contribution in [0.5, 0.6) is 11.5 Å². The molecule has 2 amide bonds. The molecule has 14 nitrogen and oxygen atoms in total. The highest BCUT2D eigenvalue weighted by Crippen LogP contribution is 2.47. The number of aromatic hydroxyl groups is 1. The summed E-state index contributed by atoms with van der Waals surface area (Å²) in [6.45, 7) is 1.52. The third-order valence-electron chi connectivity index (χ3n) is 14.5. The van der Waals surface area contributed by atoms with E-state index in [9.17, 15) is 55.4 Å². The molecule has 0 bridgehead atoms. The molecule has 4 aromatic carbocycles. The van der Waals surface area contributed by atoms with Gasteiger partial charge in [-0.1, -0.05) is 83.9 Å². The third-order valence-corrected chi connectivity index (χ3v) is 17.4. The number of amides is 2. The summed E-state index contributed by atoms with van der Waals surface area (Å²) in [4.78, 5) is 68.6. The summed E-state index contributed by atoms with van der Waals surface area (Å²) in [6.07, 6.45) is -6.12. The van der Waals surface area contributed by atoms with Crippen LogP contribution in [-0.4, -0.2) is 93.0 Å². The highest BCUT2D eigenvalue weighted by Gasteiger charge is 2.50. The van der Waals surface area contributed by atoms with E-state index in [1.807, 2.05) is 60.7 Å². The third kappa shape index (κ3) is 10.1. The van der Waals surface area contributed by atoms with E-state index in [1.54, 1.807) is 57.8 Å². The molecule has 5 aliphatic heterocycles. The van der Waals surface area contributed by atoms with Crippen molar-refractivity contribution in [3.8, 4) is 11.5 Å². The Morgan fingerprint density at radius 3 is 1.55 bits per heavy atom. The summed E-state index contributed by atoms with van der Waals surface area (Å²) in [5.41, 5.74) is 2.09. The largest absolute Gasteiger partial charge is 0.502 e. The number of fused-ring (bicyclic) bond motifs is 6. The first-order valence-electron chi connectivity index (χ1n) is 24.4. The van der Waals surface area contributed by atoms with Crippen LogP contribution in [0.3, 0.4) is 0 Å². The molecule has 11 rings (SSSR count). The van der Waals surface area contributed by atoms with E-state index in [0.717, 1.165) is 69.2 Å². The summed E-state index contributed by atoms with van der Waals surface area (Å²) >= 11 is 16.3. The number of pyridine rings is 2. The molecule has 1 saturated heterocycles. The molecule has 6 aromatic rings. The monoisotopic (exact) mass is 1150 g/mol. The topological polar surface area (TPSA) is 147 Å². The maximum atomic E-state index is 14.2. The highest BCUT2D eigenvalue weighted by atomic mass is 35.5. The molecule has 78 heavy (non-hydrogen) atoms. The molecule has 24 heteroatoms. The standard InChI is InChI=1S/C30H27ClF3N3O5S.C24H19ClF3N3O3S/c1-17(30(32,33)34)35-16-37(25-19-6-4-7-22(31)21(19)15-43-24-8-3-2-5-20(24)25)36-12-9-23(38)27(26(36)28(35)39)42-29(40)18-10-13-41-14-11-18;1-13(24(26,27)28)29-12-31(30-10-9-18(32)22(33)21(30)23(29)34)20-14-6-4-7-17(25)16(14)11-35-19-8-3-2-5-15(19)20/h2-9,12,17-18,25H,10-11,13-16H2,1H3;2-10,13,20,33H,11-12H2,1H3/t17-,25+;13-,20+/m11/s1. The first-order chi connectivity index (χ1) is 37.1. The number of carbonyl (C=O) groups excluding carboxylic acids is 3.